The van der Waals surface area contributed by atoms with E-state index in [-0.39, 0.29) is 0 Å². The molecule has 2 aliphatic rings. The number of urea groups is 1. The number of rotatable bonds is 4. The predicted octanol–water partition coefficient (Wildman–Crippen LogP) is 6.02. The van der Waals surface area contributed by atoms with Gasteiger partial charge >= 0.3 is 6.03 Å². The summed E-state index contributed by atoms with van der Waals surface area (Å²) in [4.78, 5) is 31.9. The summed E-state index contributed by atoms with van der Waals surface area (Å²) < 4.78 is 1.65. The standard InChI is InChI=1S/C26H23Br2N3O3/c27-19-6-12-22(13-7-19)30-24(32)26(34,31(25(30)33)23-14-8-20(28)9-15-23)18-4-10-21(11-5-18)29-16-2-1-3-17-29/h4-15,34H,1-3,16-17H2. The third kappa shape index (κ3) is 3.93. The molecule has 3 aromatic rings. The van der Waals surface area contributed by atoms with Crippen LogP contribution in [0.4, 0.5) is 21.9 Å². The number of nitrogens with zero attached hydrogens (tertiary/aromatic N) is 3. The van der Waals surface area contributed by atoms with Crippen molar-refractivity contribution < 1.29 is 14.7 Å². The van der Waals surface area contributed by atoms with Crippen LogP contribution >= 0.6 is 31.9 Å². The van der Waals surface area contributed by atoms with Crippen LogP contribution in [0.25, 0.3) is 0 Å². The molecule has 2 fully saturated rings. The Bertz CT molecular complexity index is 1210. The number of imide groups is 1. The second-order valence-corrected chi connectivity index (χ2v) is 10.3. The van der Waals surface area contributed by atoms with E-state index in [0.29, 0.717) is 16.9 Å². The fourth-order valence-electron chi connectivity index (χ4n) is 4.59. The van der Waals surface area contributed by atoms with E-state index in [1.165, 1.54) is 11.3 Å². The smallest absolute Gasteiger partial charge is 0.339 e. The zero-order valence-electron chi connectivity index (χ0n) is 18.3. The molecule has 3 amide bonds. The fraction of sp³-hybridized carbons (Fsp3) is 0.231. The van der Waals surface area contributed by atoms with Crippen molar-refractivity contribution in [2.75, 3.05) is 27.8 Å². The number of anilines is 3. The van der Waals surface area contributed by atoms with Gasteiger partial charge < -0.3 is 10.0 Å². The molecule has 3 aromatic carbocycles. The van der Waals surface area contributed by atoms with Crippen molar-refractivity contribution in [2.24, 2.45) is 0 Å². The van der Waals surface area contributed by atoms with Crippen LogP contribution in [0.1, 0.15) is 24.8 Å². The maximum atomic E-state index is 13.7. The van der Waals surface area contributed by atoms with Crippen molar-refractivity contribution in [3.8, 4) is 0 Å². The Kier molecular flexibility index (Phi) is 6.22. The highest BCUT2D eigenvalue weighted by Gasteiger charge is 2.59. The Morgan fingerprint density at radius 3 is 1.74 bits per heavy atom. The van der Waals surface area contributed by atoms with E-state index in [2.05, 4.69) is 36.8 Å². The Morgan fingerprint density at radius 2 is 1.18 bits per heavy atom. The molecule has 1 atom stereocenters. The highest BCUT2D eigenvalue weighted by molar-refractivity contribution is 9.10. The van der Waals surface area contributed by atoms with E-state index in [4.69, 9.17) is 0 Å². The fourth-order valence-corrected chi connectivity index (χ4v) is 5.12. The van der Waals surface area contributed by atoms with Gasteiger partial charge in [-0.05, 0) is 79.9 Å². The minimum atomic E-state index is -2.18. The molecule has 0 saturated carbocycles. The van der Waals surface area contributed by atoms with Crippen LogP contribution in [-0.4, -0.2) is 30.1 Å². The van der Waals surface area contributed by atoms with Crippen LogP contribution < -0.4 is 14.7 Å². The van der Waals surface area contributed by atoms with Crippen LogP contribution in [0, 0.1) is 0 Å². The number of carbonyl (C=O) groups excluding carboxylic acids is 2. The van der Waals surface area contributed by atoms with Crippen LogP contribution in [0.15, 0.2) is 81.7 Å². The number of piperidine rings is 1. The molecule has 0 aliphatic carbocycles. The molecule has 174 valence electrons. The number of hydrogen-bond donors (Lipinski definition) is 1. The zero-order chi connectivity index (χ0) is 23.9. The van der Waals surface area contributed by atoms with Gasteiger partial charge in [0.1, 0.15) is 0 Å². The van der Waals surface area contributed by atoms with Crippen LogP contribution in [0.2, 0.25) is 0 Å². The molecule has 34 heavy (non-hydrogen) atoms. The van der Waals surface area contributed by atoms with Crippen LogP contribution in [0.3, 0.4) is 0 Å². The predicted molar refractivity (Wildman–Crippen MR) is 140 cm³/mol. The number of carbonyl (C=O) groups is 2. The minimum Gasteiger partial charge on any atom is -0.372 e. The molecule has 8 heteroatoms. The highest BCUT2D eigenvalue weighted by atomic mass is 79.9. The first kappa shape index (κ1) is 23.1. The molecule has 0 radical (unpaired) electrons. The first-order valence-corrected chi connectivity index (χ1v) is 12.8. The lowest BCUT2D eigenvalue weighted by atomic mass is 9.99. The maximum Gasteiger partial charge on any atom is 0.339 e. The monoisotopic (exact) mass is 583 g/mol. The van der Waals surface area contributed by atoms with Crippen molar-refractivity contribution >= 4 is 60.9 Å². The van der Waals surface area contributed by atoms with Gasteiger partial charge in [-0.3, -0.25) is 9.69 Å². The Morgan fingerprint density at radius 1 is 0.676 bits per heavy atom. The topological polar surface area (TPSA) is 64.1 Å². The van der Waals surface area contributed by atoms with E-state index < -0.39 is 17.7 Å². The summed E-state index contributed by atoms with van der Waals surface area (Å²) in [6.07, 6.45) is 3.54. The van der Waals surface area contributed by atoms with Gasteiger partial charge in [-0.25, -0.2) is 9.69 Å². The second kappa shape index (κ2) is 9.17. The van der Waals surface area contributed by atoms with Crippen molar-refractivity contribution in [1.29, 1.82) is 0 Å². The first-order valence-electron chi connectivity index (χ1n) is 11.2. The van der Waals surface area contributed by atoms with Gasteiger partial charge in [-0.15, -0.1) is 0 Å². The van der Waals surface area contributed by atoms with E-state index >= 15 is 0 Å². The molecule has 0 aromatic heterocycles. The Labute approximate surface area is 215 Å². The van der Waals surface area contributed by atoms with E-state index in [0.717, 1.165) is 45.5 Å². The van der Waals surface area contributed by atoms with Gasteiger partial charge in [-0.1, -0.05) is 44.0 Å². The van der Waals surface area contributed by atoms with Gasteiger partial charge in [0.15, 0.2) is 0 Å². The molecular formula is C26H23Br2N3O3. The highest BCUT2D eigenvalue weighted by Crippen LogP contribution is 2.42. The largest absolute Gasteiger partial charge is 0.372 e. The molecule has 2 saturated heterocycles. The normalized spacial score (nSPS) is 20.9. The summed E-state index contributed by atoms with van der Waals surface area (Å²) >= 11 is 6.78. The number of hydrogen-bond acceptors (Lipinski definition) is 4. The molecule has 2 aliphatic heterocycles. The van der Waals surface area contributed by atoms with Crippen LogP contribution in [0.5, 0.6) is 0 Å². The van der Waals surface area contributed by atoms with Crippen molar-refractivity contribution in [3.63, 3.8) is 0 Å². The maximum absolute atomic E-state index is 13.7. The van der Waals surface area contributed by atoms with Gasteiger partial charge in [0.05, 0.1) is 5.69 Å². The average Bonchev–Trinajstić information content (AvgIpc) is 3.07. The number of benzene rings is 3. The summed E-state index contributed by atoms with van der Waals surface area (Å²) in [5.74, 6) is -0.714. The summed E-state index contributed by atoms with van der Waals surface area (Å²) in [5.41, 5.74) is 0.0150. The zero-order valence-corrected chi connectivity index (χ0v) is 21.5. The first-order chi connectivity index (χ1) is 16.4. The van der Waals surface area contributed by atoms with E-state index in [1.807, 2.05) is 12.1 Å². The van der Waals surface area contributed by atoms with E-state index in [1.54, 1.807) is 60.7 Å². The van der Waals surface area contributed by atoms with Crippen molar-refractivity contribution in [2.45, 2.75) is 25.0 Å². The number of amides is 3. The molecule has 2 heterocycles. The van der Waals surface area contributed by atoms with E-state index in [9.17, 15) is 14.7 Å². The van der Waals surface area contributed by atoms with Crippen molar-refractivity contribution in [1.82, 2.24) is 0 Å². The summed E-state index contributed by atoms with van der Waals surface area (Å²) in [7, 11) is 0. The van der Waals surface area contributed by atoms with Gasteiger partial charge in [0, 0.05) is 39.0 Å². The molecule has 0 spiro atoms. The third-order valence-corrected chi connectivity index (χ3v) is 7.43. The lowest BCUT2D eigenvalue weighted by Crippen LogP contribution is -2.47. The van der Waals surface area contributed by atoms with Gasteiger partial charge in [0.25, 0.3) is 11.6 Å². The minimum absolute atomic E-state index is 0.342. The molecular weight excluding hydrogens is 562 g/mol. The molecule has 1 N–H and O–H groups in total. The van der Waals surface area contributed by atoms with Gasteiger partial charge in [-0.2, -0.15) is 0 Å². The lowest BCUT2D eigenvalue weighted by molar-refractivity contribution is -0.133. The van der Waals surface area contributed by atoms with Crippen LogP contribution in [-0.2, 0) is 10.5 Å². The average molecular weight is 585 g/mol. The van der Waals surface area contributed by atoms with Crippen molar-refractivity contribution in [3.05, 3.63) is 87.3 Å². The molecule has 0 bridgehead atoms. The number of aliphatic hydroxyl groups is 1. The third-order valence-electron chi connectivity index (χ3n) is 6.37. The Balaban J connectivity index is 1.59. The second-order valence-electron chi connectivity index (χ2n) is 8.48. The summed E-state index contributed by atoms with van der Waals surface area (Å²) in [5, 5.41) is 12.0. The summed E-state index contributed by atoms with van der Waals surface area (Å²) in [6.45, 7) is 1.98. The Hall–Kier alpha value is -2.68. The quantitative estimate of drug-likeness (QED) is 0.381. The lowest BCUT2D eigenvalue weighted by Gasteiger charge is -2.32. The van der Waals surface area contributed by atoms with Gasteiger partial charge in [0.2, 0.25) is 0 Å². The molecule has 5 rings (SSSR count). The molecule has 6 nitrogen and oxygen atoms in total. The SMILES string of the molecule is O=C1N(c2ccc(Br)cc2)C(=O)C(O)(c2ccc(N3CCCCC3)cc2)N1c1ccc(Br)cc1. The molecule has 1 unspecified atom stereocenters. The summed E-state index contributed by atoms with van der Waals surface area (Å²) in [6, 6.07) is 20.5. The number of halogens is 2.